The van der Waals surface area contributed by atoms with E-state index in [4.69, 9.17) is 4.74 Å². The number of aliphatic imine (C=N–C) groups is 1. The number of hydrogen-bond acceptors (Lipinski definition) is 3. The van der Waals surface area contributed by atoms with Crippen LogP contribution in [0.2, 0.25) is 0 Å². The number of hydrogen-bond donors (Lipinski definition) is 2. The minimum atomic E-state index is -0.675. The van der Waals surface area contributed by atoms with Crippen molar-refractivity contribution < 1.29 is 8.95 Å². The van der Waals surface area contributed by atoms with E-state index in [2.05, 4.69) is 15.6 Å². The van der Waals surface area contributed by atoms with Crippen molar-refractivity contribution in [2.24, 2.45) is 4.99 Å². The molecule has 0 aromatic carbocycles. The first-order chi connectivity index (χ1) is 10.7. The van der Waals surface area contributed by atoms with Crippen molar-refractivity contribution in [3.63, 3.8) is 0 Å². The highest BCUT2D eigenvalue weighted by atomic mass is 32.2. The largest absolute Gasteiger partial charge is 0.382 e. The molecule has 5 nitrogen and oxygen atoms in total. The number of rotatable bonds is 9. The van der Waals surface area contributed by atoms with E-state index in [0.717, 1.165) is 70.0 Å². The summed E-state index contributed by atoms with van der Waals surface area (Å²) >= 11 is 0. The Morgan fingerprint density at radius 2 is 2.14 bits per heavy atom. The first-order valence-corrected chi connectivity index (χ1v) is 10.0. The van der Waals surface area contributed by atoms with Crippen molar-refractivity contribution in [1.82, 2.24) is 10.6 Å². The van der Waals surface area contributed by atoms with Gasteiger partial charge in [-0.25, -0.2) is 0 Å². The van der Waals surface area contributed by atoms with E-state index in [1.165, 1.54) is 0 Å². The third-order valence-corrected chi connectivity index (χ3v) is 5.80. The highest BCUT2D eigenvalue weighted by Crippen LogP contribution is 2.22. The highest BCUT2D eigenvalue weighted by molar-refractivity contribution is 7.85. The monoisotopic (exact) mass is 331 g/mol. The third-order valence-electron chi connectivity index (χ3n) is 4.06. The Bertz CT molecular complexity index is 350. The van der Waals surface area contributed by atoms with Crippen molar-refractivity contribution in [3.8, 4) is 0 Å². The minimum absolute atomic E-state index is 0.348. The maximum absolute atomic E-state index is 12.0. The van der Waals surface area contributed by atoms with Crippen LogP contribution >= 0.6 is 0 Å². The van der Waals surface area contributed by atoms with Gasteiger partial charge < -0.3 is 15.4 Å². The van der Waals surface area contributed by atoms with Crippen LogP contribution in [0.15, 0.2) is 4.99 Å². The van der Waals surface area contributed by atoms with Crippen molar-refractivity contribution >= 4 is 16.8 Å². The molecule has 1 fully saturated rings. The van der Waals surface area contributed by atoms with E-state index >= 15 is 0 Å². The van der Waals surface area contributed by atoms with Crippen molar-refractivity contribution in [2.45, 2.75) is 63.7 Å². The Labute approximate surface area is 138 Å². The summed E-state index contributed by atoms with van der Waals surface area (Å²) in [4.78, 5) is 4.29. The number of nitrogens with one attached hydrogen (secondary N) is 2. The maximum Gasteiger partial charge on any atom is 0.191 e. The van der Waals surface area contributed by atoms with Crippen LogP contribution in [0, 0.1) is 0 Å². The van der Waals surface area contributed by atoms with Gasteiger partial charge in [0.1, 0.15) is 0 Å². The van der Waals surface area contributed by atoms with Gasteiger partial charge in [-0.15, -0.1) is 0 Å². The summed E-state index contributed by atoms with van der Waals surface area (Å²) in [5, 5.41) is 7.20. The molecule has 1 saturated carbocycles. The topological polar surface area (TPSA) is 62.7 Å². The zero-order valence-corrected chi connectivity index (χ0v) is 15.2. The van der Waals surface area contributed by atoms with E-state index in [9.17, 15) is 4.21 Å². The summed E-state index contributed by atoms with van der Waals surface area (Å²) in [6.45, 7) is 6.56. The summed E-state index contributed by atoms with van der Waals surface area (Å²) in [5.41, 5.74) is 0. The standard InChI is InChI=1S/C16H33N3O2S/c1-4-21-12-7-6-11-18-16(17-3)19-14-9-8-10-15(13-14)22(20)5-2/h14-15H,4-13H2,1-3H3,(H2,17,18,19). The molecule has 1 aliphatic rings. The minimum Gasteiger partial charge on any atom is -0.382 e. The lowest BCUT2D eigenvalue weighted by Crippen LogP contribution is -2.46. The van der Waals surface area contributed by atoms with Crippen LogP contribution in [-0.4, -0.2) is 54.0 Å². The summed E-state index contributed by atoms with van der Waals surface area (Å²) in [7, 11) is 1.13. The second-order valence-electron chi connectivity index (χ2n) is 5.70. The summed E-state index contributed by atoms with van der Waals surface area (Å²) in [6.07, 6.45) is 6.53. The SMILES string of the molecule is CCOCCCCNC(=NC)NC1CCCC(S(=O)CC)C1. The molecule has 0 bridgehead atoms. The summed E-state index contributed by atoms with van der Waals surface area (Å²) in [6, 6.07) is 0.392. The maximum atomic E-state index is 12.0. The van der Waals surface area contributed by atoms with Gasteiger partial charge in [0.05, 0.1) is 0 Å². The zero-order chi connectivity index (χ0) is 16.2. The smallest absolute Gasteiger partial charge is 0.191 e. The molecular weight excluding hydrogens is 298 g/mol. The molecule has 0 aliphatic heterocycles. The molecule has 0 aromatic heterocycles. The predicted octanol–water partition coefficient (Wildman–Crippen LogP) is 2.05. The highest BCUT2D eigenvalue weighted by Gasteiger charge is 2.25. The molecule has 6 heteroatoms. The van der Waals surface area contributed by atoms with Crippen molar-refractivity contribution in [3.05, 3.63) is 0 Å². The second kappa shape index (κ2) is 11.9. The Balaban J connectivity index is 2.26. The van der Waals surface area contributed by atoms with E-state index in [1.54, 1.807) is 7.05 Å². The van der Waals surface area contributed by atoms with Crippen LogP contribution in [0.25, 0.3) is 0 Å². The second-order valence-corrected chi connectivity index (χ2v) is 7.71. The van der Waals surface area contributed by atoms with E-state index in [1.807, 2.05) is 13.8 Å². The molecule has 1 rings (SSSR count). The molecular formula is C16H33N3O2S. The van der Waals surface area contributed by atoms with E-state index in [-0.39, 0.29) is 0 Å². The number of ether oxygens (including phenoxy) is 1. The van der Waals surface area contributed by atoms with Gasteiger partial charge in [-0.05, 0) is 39.0 Å². The van der Waals surface area contributed by atoms with E-state index < -0.39 is 10.8 Å². The quantitative estimate of drug-likeness (QED) is 0.386. The van der Waals surface area contributed by atoms with Gasteiger partial charge in [-0.1, -0.05) is 13.3 Å². The lowest BCUT2D eigenvalue weighted by molar-refractivity contribution is 0.143. The van der Waals surface area contributed by atoms with Crippen LogP contribution in [0.4, 0.5) is 0 Å². The molecule has 130 valence electrons. The summed E-state index contributed by atoms with van der Waals surface area (Å²) < 4.78 is 17.3. The first-order valence-electron chi connectivity index (χ1n) is 8.63. The Kier molecular flexibility index (Phi) is 10.5. The number of guanidine groups is 1. The van der Waals surface area contributed by atoms with Gasteiger partial charge in [0.15, 0.2) is 5.96 Å². The molecule has 0 spiro atoms. The fourth-order valence-corrected chi connectivity index (χ4v) is 4.17. The molecule has 0 aromatic rings. The molecule has 1 aliphatic carbocycles. The lowest BCUT2D eigenvalue weighted by atomic mass is 9.95. The van der Waals surface area contributed by atoms with Crippen LogP contribution in [0.5, 0.6) is 0 Å². The van der Waals surface area contributed by atoms with Gasteiger partial charge in [0, 0.05) is 54.7 Å². The van der Waals surface area contributed by atoms with Gasteiger partial charge in [0.25, 0.3) is 0 Å². The van der Waals surface area contributed by atoms with E-state index in [0.29, 0.717) is 11.3 Å². The molecule has 0 heterocycles. The molecule has 0 saturated heterocycles. The third kappa shape index (κ3) is 7.58. The van der Waals surface area contributed by atoms with Gasteiger partial charge in [0.2, 0.25) is 0 Å². The first kappa shape index (κ1) is 19.4. The normalized spacial score (nSPS) is 24.0. The Morgan fingerprint density at radius 1 is 1.32 bits per heavy atom. The lowest BCUT2D eigenvalue weighted by Gasteiger charge is -2.30. The predicted molar refractivity (Wildman–Crippen MR) is 95.0 cm³/mol. The molecule has 3 unspecified atom stereocenters. The number of nitrogens with zero attached hydrogens (tertiary/aromatic N) is 1. The molecule has 2 N–H and O–H groups in total. The van der Waals surface area contributed by atoms with Crippen molar-refractivity contribution in [1.29, 1.82) is 0 Å². The average Bonchev–Trinajstić information content (AvgIpc) is 2.56. The molecule has 0 radical (unpaired) electrons. The number of unbranched alkanes of at least 4 members (excludes halogenated alkanes) is 1. The fourth-order valence-electron chi connectivity index (χ4n) is 2.82. The van der Waals surface area contributed by atoms with Crippen LogP contribution in [0.1, 0.15) is 52.4 Å². The molecule has 3 atom stereocenters. The van der Waals surface area contributed by atoms with Gasteiger partial charge in [-0.3, -0.25) is 9.20 Å². The molecule has 0 amide bonds. The van der Waals surface area contributed by atoms with Crippen LogP contribution < -0.4 is 10.6 Å². The van der Waals surface area contributed by atoms with Gasteiger partial charge >= 0.3 is 0 Å². The fraction of sp³-hybridized carbons (Fsp3) is 0.938. The van der Waals surface area contributed by atoms with Gasteiger partial charge in [-0.2, -0.15) is 0 Å². The zero-order valence-electron chi connectivity index (χ0n) is 14.4. The average molecular weight is 332 g/mol. The van der Waals surface area contributed by atoms with Crippen molar-refractivity contribution in [2.75, 3.05) is 32.6 Å². The Hall–Kier alpha value is -0.620. The summed E-state index contributed by atoms with van der Waals surface area (Å²) in [5.74, 6) is 1.63. The van der Waals surface area contributed by atoms with Crippen LogP contribution in [-0.2, 0) is 15.5 Å². The molecule has 22 heavy (non-hydrogen) atoms. The van der Waals surface area contributed by atoms with Crippen LogP contribution in [0.3, 0.4) is 0 Å². The Morgan fingerprint density at radius 3 is 2.82 bits per heavy atom.